The van der Waals surface area contributed by atoms with Crippen LogP contribution in [-0.4, -0.2) is 60.4 Å². The van der Waals surface area contributed by atoms with Gasteiger partial charge in [0.05, 0.1) is 12.0 Å². The zero-order valence-corrected chi connectivity index (χ0v) is 15.7. The summed E-state index contributed by atoms with van der Waals surface area (Å²) in [6, 6.07) is 9.59. The van der Waals surface area contributed by atoms with E-state index in [2.05, 4.69) is 17.4 Å². The summed E-state index contributed by atoms with van der Waals surface area (Å²) >= 11 is 0. The molecule has 4 amide bonds. The van der Waals surface area contributed by atoms with Gasteiger partial charge in [0.1, 0.15) is 0 Å². The molecule has 3 N–H and O–H groups in total. The SMILES string of the molecule is NC(=O)NCC(=O)N1CCC2(CCCN(CCCc3ccccc3)C2=O)C1. The summed E-state index contributed by atoms with van der Waals surface area (Å²) in [5.41, 5.74) is 5.86. The number of benzene rings is 1. The predicted molar refractivity (Wildman–Crippen MR) is 102 cm³/mol. The van der Waals surface area contributed by atoms with Gasteiger partial charge in [-0.3, -0.25) is 9.59 Å². The molecule has 3 rings (SSSR count). The number of nitrogens with zero attached hydrogens (tertiary/aromatic N) is 2. The molecule has 0 radical (unpaired) electrons. The summed E-state index contributed by atoms with van der Waals surface area (Å²) in [7, 11) is 0. The lowest BCUT2D eigenvalue weighted by atomic mass is 9.78. The second-order valence-electron chi connectivity index (χ2n) is 7.55. The zero-order valence-electron chi connectivity index (χ0n) is 15.7. The molecule has 7 heteroatoms. The molecule has 0 aliphatic carbocycles. The van der Waals surface area contributed by atoms with Crippen LogP contribution in [0.2, 0.25) is 0 Å². The fraction of sp³-hybridized carbons (Fsp3) is 0.550. The predicted octanol–water partition coefficient (Wildman–Crippen LogP) is 1.13. The van der Waals surface area contributed by atoms with Crippen molar-refractivity contribution in [2.24, 2.45) is 11.1 Å². The van der Waals surface area contributed by atoms with Gasteiger partial charge in [0.2, 0.25) is 11.8 Å². The molecule has 1 aromatic rings. The van der Waals surface area contributed by atoms with Gasteiger partial charge in [-0.25, -0.2) is 4.79 Å². The topological polar surface area (TPSA) is 95.7 Å². The maximum Gasteiger partial charge on any atom is 0.312 e. The highest BCUT2D eigenvalue weighted by Gasteiger charge is 2.49. The highest BCUT2D eigenvalue weighted by atomic mass is 16.2. The highest BCUT2D eigenvalue weighted by molar-refractivity contribution is 5.87. The number of primary amides is 1. The van der Waals surface area contributed by atoms with Crippen LogP contribution in [0.4, 0.5) is 4.79 Å². The van der Waals surface area contributed by atoms with Crippen molar-refractivity contribution >= 4 is 17.8 Å². The molecule has 1 spiro atoms. The Morgan fingerprint density at radius 2 is 1.93 bits per heavy atom. The first-order valence-electron chi connectivity index (χ1n) is 9.65. The van der Waals surface area contributed by atoms with Crippen molar-refractivity contribution in [3.63, 3.8) is 0 Å². The smallest absolute Gasteiger partial charge is 0.312 e. The van der Waals surface area contributed by atoms with E-state index in [4.69, 9.17) is 5.73 Å². The molecule has 2 aliphatic heterocycles. The standard InChI is InChI=1S/C20H28N4O3/c21-19(27)22-14-17(25)24-13-10-20(15-24)9-5-12-23(18(20)26)11-4-8-16-6-2-1-3-7-16/h1-3,6-7H,4-5,8-15H2,(H3,21,22,27). The van der Waals surface area contributed by atoms with Crippen LogP contribution < -0.4 is 11.1 Å². The Balaban J connectivity index is 1.53. The quantitative estimate of drug-likeness (QED) is 0.783. The molecule has 0 bridgehead atoms. The average molecular weight is 372 g/mol. The van der Waals surface area contributed by atoms with Crippen LogP contribution in [-0.2, 0) is 16.0 Å². The van der Waals surface area contributed by atoms with E-state index in [0.29, 0.717) is 19.5 Å². The number of carbonyl (C=O) groups is 3. The average Bonchev–Trinajstić information content (AvgIpc) is 3.09. The maximum atomic E-state index is 13.1. The Bertz CT molecular complexity index is 694. The number of nitrogens with two attached hydrogens (primary N) is 1. The first kappa shape index (κ1) is 19.2. The molecule has 7 nitrogen and oxygen atoms in total. The van der Waals surface area contributed by atoms with Gasteiger partial charge in [-0.05, 0) is 37.7 Å². The Morgan fingerprint density at radius 1 is 1.15 bits per heavy atom. The molecule has 27 heavy (non-hydrogen) atoms. The minimum atomic E-state index is -0.712. The largest absolute Gasteiger partial charge is 0.352 e. The molecule has 2 saturated heterocycles. The number of carbonyl (C=O) groups excluding carboxylic acids is 3. The van der Waals surface area contributed by atoms with Crippen LogP contribution in [0.1, 0.15) is 31.2 Å². The van der Waals surface area contributed by atoms with E-state index in [0.717, 1.165) is 38.8 Å². The molecule has 0 aromatic heterocycles. The van der Waals surface area contributed by atoms with E-state index in [1.807, 2.05) is 23.1 Å². The van der Waals surface area contributed by atoms with E-state index >= 15 is 0 Å². The monoisotopic (exact) mass is 372 g/mol. The van der Waals surface area contributed by atoms with Crippen LogP contribution in [0.15, 0.2) is 30.3 Å². The first-order valence-corrected chi connectivity index (χ1v) is 9.65. The van der Waals surface area contributed by atoms with Crippen molar-refractivity contribution in [1.82, 2.24) is 15.1 Å². The molecule has 2 fully saturated rings. The van der Waals surface area contributed by atoms with E-state index in [9.17, 15) is 14.4 Å². The van der Waals surface area contributed by atoms with E-state index in [1.54, 1.807) is 4.90 Å². The fourth-order valence-electron chi connectivity index (χ4n) is 4.22. The molecule has 1 atom stereocenters. The Hall–Kier alpha value is -2.57. The second-order valence-corrected chi connectivity index (χ2v) is 7.55. The number of hydrogen-bond acceptors (Lipinski definition) is 3. The van der Waals surface area contributed by atoms with Crippen molar-refractivity contribution in [2.45, 2.75) is 32.1 Å². The number of aryl methyl sites for hydroxylation is 1. The molecule has 1 unspecified atom stereocenters. The minimum Gasteiger partial charge on any atom is -0.352 e. The lowest BCUT2D eigenvalue weighted by Gasteiger charge is -2.39. The molecule has 0 saturated carbocycles. The van der Waals surface area contributed by atoms with Crippen molar-refractivity contribution in [3.8, 4) is 0 Å². The normalized spacial score (nSPS) is 22.3. The maximum absolute atomic E-state index is 13.1. The molecular formula is C20H28N4O3. The summed E-state index contributed by atoms with van der Waals surface area (Å²) < 4.78 is 0. The Labute approximate surface area is 159 Å². The number of nitrogens with one attached hydrogen (secondary N) is 1. The number of amides is 4. The van der Waals surface area contributed by atoms with Gasteiger partial charge in [0, 0.05) is 26.2 Å². The highest BCUT2D eigenvalue weighted by Crippen LogP contribution is 2.40. The summed E-state index contributed by atoms with van der Waals surface area (Å²) in [6.07, 6.45) is 4.40. The van der Waals surface area contributed by atoms with Gasteiger partial charge in [0.25, 0.3) is 0 Å². The lowest BCUT2D eigenvalue weighted by molar-refractivity contribution is -0.146. The van der Waals surface area contributed by atoms with Crippen LogP contribution in [0.25, 0.3) is 0 Å². The van der Waals surface area contributed by atoms with Crippen molar-refractivity contribution in [1.29, 1.82) is 0 Å². The van der Waals surface area contributed by atoms with Crippen LogP contribution in [0.3, 0.4) is 0 Å². The lowest BCUT2D eigenvalue weighted by Crippen LogP contribution is -2.51. The molecule has 2 heterocycles. The van der Waals surface area contributed by atoms with Crippen LogP contribution in [0, 0.1) is 5.41 Å². The van der Waals surface area contributed by atoms with E-state index in [1.165, 1.54) is 5.56 Å². The Morgan fingerprint density at radius 3 is 2.67 bits per heavy atom. The fourth-order valence-corrected chi connectivity index (χ4v) is 4.22. The number of rotatable bonds is 6. The summed E-state index contributed by atoms with van der Waals surface area (Å²) in [6.45, 7) is 2.45. The summed E-state index contributed by atoms with van der Waals surface area (Å²) in [4.78, 5) is 39.8. The minimum absolute atomic E-state index is 0.111. The number of piperidine rings is 1. The van der Waals surface area contributed by atoms with E-state index in [-0.39, 0.29) is 18.4 Å². The Kier molecular flexibility index (Phi) is 5.98. The number of urea groups is 1. The molecule has 146 valence electrons. The first-order chi connectivity index (χ1) is 13.0. The van der Waals surface area contributed by atoms with Gasteiger partial charge in [0.15, 0.2) is 0 Å². The molecule has 1 aromatic carbocycles. The van der Waals surface area contributed by atoms with Crippen molar-refractivity contribution in [3.05, 3.63) is 35.9 Å². The summed E-state index contributed by atoms with van der Waals surface area (Å²) in [5, 5.41) is 2.33. The van der Waals surface area contributed by atoms with Crippen molar-refractivity contribution < 1.29 is 14.4 Å². The number of hydrogen-bond donors (Lipinski definition) is 2. The van der Waals surface area contributed by atoms with Gasteiger partial charge >= 0.3 is 6.03 Å². The zero-order chi connectivity index (χ0) is 19.3. The van der Waals surface area contributed by atoms with Crippen LogP contribution >= 0.6 is 0 Å². The number of likely N-dealkylation sites (tertiary alicyclic amines) is 2. The van der Waals surface area contributed by atoms with Gasteiger partial charge < -0.3 is 20.9 Å². The summed E-state index contributed by atoms with van der Waals surface area (Å²) in [5.74, 6) is -0.000326. The third-order valence-corrected chi connectivity index (χ3v) is 5.68. The van der Waals surface area contributed by atoms with Gasteiger partial charge in [-0.15, -0.1) is 0 Å². The van der Waals surface area contributed by atoms with Gasteiger partial charge in [-0.2, -0.15) is 0 Å². The molecule has 2 aliphatic rings. The second kappa shape index (κ2) is 8.41. The van der Waals surface area contributed by atoms with E-state index < -0.39 is 11.4 Å². The third-order valence-electron chi connectivity index (χ3n) is 5.68. The van der Waals surface area contributed by atoms with Crippen molar-refractivity contribution in [2.75, 3.05) is 32.7 Å². The van der Waals surface area contributed by atoms with Gasteiger partial charge in [-0.1, -0.05) is 30.3 Å². The third kappa shape index (κ3) is 4.59. The van der Waals surface area contributed by atoms with Crippen LogP contribution in [0.5, 0.6) is 0 Å². The molecular weight excluding hydrogens is 344 g/mol.